The van der Waals surface area contributed by atoms with Crippen molar-refractivity contribution in [3.8, 4) is 0 Å². The summed E-state index contributed by atoms with van der Waals surface area (Å²) in [5.74, 6) is -1.08. The van der Waals surface area contributed by atoms with Crippen LogP contribution in [-0.2, 0) is 9.53 Å². The molecule has 7 heteroatoms. The van der Waals surface area contributed by atoms with Crippen LogP contribution in [-0.4, -0.2) is 55.9 Å². The number of benzene rings is 1. The topological polar surface area (TPSA) is 70.1 Å². The molecule has 21 heavy (non-hydrogen) atoms. The van der Waals surface area contributed by atoms with Crippen molar-refractivity contribution in [2.45, 2.75) is 6.42 Å². The first-order chi connectivity index (χ1) is 9.95. The van der Waals surface area contributed by atoms with E-state index in [1.54, 1.807) is 38.4 Å². The van der Waals surface area contributed by atoms with Gasteiger partial charge in [-0.05, 0) is 30.7 Å². The average Bonchev–Trinajstić information content (AvgIpc) is 2.45. The third-order valence-corrected chi connectivity index (χ3v) is 3.08. The van der Waals surface area contributed by atoms with Crippen molar-refractivity contribution in [1.29, 1.82) is 0 Å². The summed E-state index contributed by atoms with van der Waals surface area (Å²) in [5, 5.41) is 9.51. The third-order valence-electron chi connectivity index (χ3n) is 2.83. The van der Waals surface area contributed by atoms with Gasteiger partial charge in [-0.1, -0.05) is 11.6 Å². The molecule has 0 saturated heterocycles. The predicted molar refractivity (Wildman–Crippen MR) is 81.0 cm³/mol. The fourth-order valence-corrected chi connectivity index (χ4v) is 1.90. The molecule has 0 heterocycles. The molecule has 0 unspecified atom stereocenters. The molecule has 0 atom stereocenters. The van der Waals surface area contributed by atoms with Gasteiger partial charge in [-0.2, -0.15) is 0 Å². The third kappa shape index (κ3) is 5.61. The molecule has 2 amide bonds. The average molecular weight is 315 g/mol. The first kappa shape index (κ1) is 17.3. The molecule has 1 aromatic carbocycles. The van der Waals surface area contributed by atoms with Crippen molar-refractivity contribution in [1.82, 2.24) is 4.90 Å². The number of carbonyl (C=O) groups is 2. The van der Waals surface area contributed by atoms with Gasteiger partial charge in [0.15, 0.2) is 0 Å². The van der Waals surface area contributed by atoms with Crippen LogP contribution in [0.15, 0.2) is 24.3 Å². The van der Waals surface area contributed by atoms with Crippen molar-refractivity contribution in [2.24, 2.45) is 0 Å². The van der Waals surface area contributed by atoms with E-state index in [0.717, 1.165) is 0 Å². The lowest BCUT2D eigenvalue weighted by Crippen LogP contribution is -2.44. The number of urea groups is 1. The Morgan fingerprint density at radius 1 is 1.29 bits per heavy atom. The normalized spacial score (nSPS) is 10.2. The zero-order valence-electron chi connectivity index (χ0n) is 12.1. The maximum atomic E-state index is 12.4. The lowest BCUT2D eigenvalue weighted by molar-refractivity contribution is -0.135. The van der Waals surface area contributed by atoms with Crippen LogP contribution < -0.4 is 4.90 Å². The SMILES string of the molecule is COCCCN(C)C(=O)N(CC(=O)O)c1ccc(Cl)cc1. The van der Waals surface area contributed by atoms with Crippen molar-refractivity contribution in [3.05, 3.63) is 29.3 Å². The number of hydrogen-bond acceptors (Lipinski definition) is 3. The second-order valence-electron chi connectivity index (χ2n) is 4.51. The second-order valence-corrected chi connectivity index (χ2v) is 4.94. The molecule has 0 spiro atoms. The highest BCUT2D eigenvalue weighted by Gasteiger charge is 2.22. The van der Waals surface area contributed by atoms with E-state index in [9.17, 15) is 9.59 Å². The van der Waals surface area contributed by atoms with Gasteiger partial charge in [-0.25, -0.2) is 4.79 Å². The number of carboxylic acids is 1. The molecule has 0 radical (unpaired) electrons. The van der Waals surface area contributed by atoms with E-state index in [0.29, 0.717) is 30.3 Å². The molecule has 0 bridgehead atoms. The highest BCUT2D eigenvalue weighted by atomic mass is 35.5. The summed E-state index contributed by atoms with van der Waals surface area (Å²) in [5.41, 5.74) is 0.491. The van der Waals surface area contributed by atoms with Gasteiger partial charge in [0.1, 0.15) is 6.54 Å². The number of carboxylic acid groups (broad SMARTS) is 1. The first-order valence-corrected chi connectivity index (χ1v) is 6.82. The molecule has 1 N–H and O–H groups in total. The number of rotatable bonds is 7. The maximum Gasteiger partial charge on any atom is 0.324 e. The van der Waals surface area contributed by atoms with Gasteiger partial charge in [0.25, 0.3) is 0 Å². The Kier molecular flexibility index (Phi) is 6.98. The lowest BCUT2D eigenvalue weighted by atomic mass is 10.3. The number of amides is 2. The fourth-order valence-electron chi connectivity index (χ4n) is 1.77. The first-order valence-electron chi connectivity index (χ1n) is 6.44. The van der Waals surface area contributed by atoms with Crippen LogP contribution in [0.4, 0.5) is 10.5 Å². The molecule has 0 aliphatic heterocycles. The number of ether oxygens (including phenoxy) is 1. The Morgan fingerprint density at radius 2 is 1.90 bits per heavy atom. The Balaban J connectivity index is 2.83. The molecule has 1 rings (SSSR count). The summed E-state index contributed by atoms with van der Waals surface area (Å²) in [6.07, 6.45) is 0.681. The van der Waals surface area contributed by atoms with Crippen LogP contribution >= 0.6 is 11.6 Å². The number of halogens is 1. The minimum absolute atomic E-state index is 0.379. The van der Waals surface area contributed by atoms with Crippen LogP contribution in [0.25, 0.3) is 0 Å². The molecule has 0 aliphatic carbocycles. The van der Waals surface area contributed by atoms with E-state index >= 15 is 0 Å². The Bertz CT molecular complexity index is 478. The zero-order valence-corrected chi connectivity index (χ0v) is 12.8. The number of anilines is 1. The van der Waals surface area contributed by atoms with E-state index in [4.69, 9.17) is 21.4 Å². The molecule has 0 aliphatic rings. The van der Waals surface area contributed by atoms with Gasteiger partial charge >= 0.3 is 12.0 Å². The van der Waals surface area contributed by atoms with Gasteiger partial charge in [0, 0.05) is 38.0 Å². The molecular weight excluding hydrogens is 296 g/mol. The fraction of sp³-hybridized carbons (Fsp3) is 0.429. The molecule has 0 aromatic heterocycles. The minimum Gasteiger partial charge on any atom is -0.480 e. The summed E-state index contributed by atoms with van der Waals surface area (Å²) in [6, 6.07) is 6.09. The Morgan fingerprint density at radius 3 is 2.43 bits per heavy atom. The quantitative estimate of drug-likeness (QED) is 0.784. The molecule has 6 nitrogen and oxygen atoms in total. The van der Waals surface area contributed by atoms with Crippen molar-refractivity contribution < 1.29 is 19.4 Å². The van der Waals surface area contributed by atoms with Crippen LogP contribution in [0.3, 0.4) is 0 Å². The van der Waals surface area contributed by atoms with E-state index in [2.05, 4.69) is 0 Å². The van der Waals surface area contributed by atoms with Crippen LogP contribution in [0.5, 0.6) is 0 Å². The smallest absolute Gasteiger partial charge is 0.324 e. The Hall–Kier alpha value is -1.79. The van der Waals surface area contributed by atoms with Gasteiger partial charge in [0.2, 0.25) is 0 Å². The summed E-state index contributed by atoms with van der Waals surface area (Å²) in [4.78, 5) is 26.0. The molecule has 116 valence electrons. The lowest BCUT2D eigenvalue weighted by Gasteiger charge is -2.27. The second kappa shape index (κ2) is 8.49. The Labute approximate surface area is 128 Å². The van der Waals surface area contributed by atoms with Crippen LogP contribution in [0.1, 0.15) is 6.42 Å². The van der Waals surface area contributed by atoms with Gasteiger partial charge in [0.05, 0.1) is 0 Å². The van der Waals surface area contributed by atoms with Crippen molar-refractivity contribution >= 4 is 29.3 Å². The minimum atomic E-state index is -1.08. The highest BCUT2D eigenvalue weighted by molar-refractivity contribution is 6.30. The van der Waals surface area contributed by atoms with E-state index in [1.807, 2.05) is 0 Å². The van der Waals surface area contributed by atoms with Crippen molar-refractivity contribution in [2.75, 3.05) is 38.8 Å². The number of methoxy groups -OCH3 is 1. The number of nitrogens with zero attached hydrogens (tertiary/aromatic N) is 2. The monoisotopic (exact) mass is 314 g/mol. The zero-order chi connectivity index (χ0) is 15.8. The van der Waals surface area contributed by atoms with Crippen molar-refractivity contribution in [3.63, 3.8) is 0 Å². The molecule has 1 aromatic rings. The van der Waals surface area contributed by atoms with Gasteiger partial charge in [-0.3, -0.25) is 9.69 Å². The summed E-state index contributed by atoms with van der Waals surface area (Å²) in [6.45, 7) is 0.614. The summed E-state index contributed by atoms with van der Waals surface area (Å²) < 4.78 is 4.93. The van der Waals surface area contributed by atoms with E-state index < -0.39 is 12.5 Å². The number of hydrogen-bond donors (Lipinski definition) is 1. The van der Waals surface area contributed by atoms with Crippen LogP contribution in [0.2, 0.25) is 5.02 Å². The number of carbonyl (C=O) groups excluding carboxylic acids is 1. The highest BCUT2D eigenvalue weighted by Crippen LogP contribution is 2.19. The maximum absolute atomic E-state index is 12.4. The largest absolute Gasteiger partial charge is 0.480 e. The summed E-state index contributed by atoms with van der Waals surface area (Å²) in [7, 11) is 3.22. The molecule has 0 fully saturated rings. The van der Waals surface area contributed by atoms with Gasteiger partial charge in [-0.15, -0.1) is 0 Å². The number of aliphatic carboxylic acids is 1. The molecule has 0 saturated carbocycles. The van der Waals surface area contributed by atoms with E-state index in [1.165, 1.54) is 9.80 Å². The van der Waals surface area contributed by atoms with Gasteiger partial charge < -0.3 is 14.7 Å². The van der Waals surface area contributed by atoms with Crippen LogP contribution in [0, 0.1) is 0 Å². The molecular formula is C14H19ClN2O4. The summed E-state index contributed by atoms with van der Waals surface area (Å²) >= 11 is 5.80. The van der Waals surface area contributed by atoms with E-state index in [-0.39, 0.29) is 6.03 Å². The standard InChI is InChI=1S/C14H19ClN2O4/c1-16(8-3-9-21-2)14(20)17(10-13(18)19)12-6-4-11(15)5-7-12/h4-7H,3,8-10H2,1-2H3,(H,18,19). The predicted octanol–water partition coefficient (Wildman–Crippen LogP) is 2.32.